The molecular weight excluding hydrogens is 310 g/mol. The van der Waals surface area contributed by atoms with Crippen LogP contribution in [0, 0.1) is 17.0 Å². The molecule has 1 aliphatic heterocycles. The van der Waals surface area contributed by atoms with Crippen LogP contribution in [0.4, 0.5) is 23.1 Å². The van der Waals surface area contributed by atoms with Crippen molar-refractivity contribution in [1.82, 2.24) is 19.9 Å². The lowest BCUT2D eigenvalue weighted by Gasteiger charge is -2.32. The first kappa shape index (κ1) is 16.1. The monoisotopic (exact) mass is 329 g/mol. The lowest BCUT2D eigenvalue weighted by Crippen LogP contribution is -2.45. The fourth-order valence-electron chi connectivity index (χ4n) is 2.54. The third-order valence-electron chi connectivity index (χ3n) is 3.95. The number of hydrogen-bond donors (Lipinski definition) is 1. The normalized spacial score (nSPS) is 15.3. The molecule has 1 saturated heterocycles. The molecule has 24 heavy (non-hydrogen) atoms. The lowest BCUT2D eigenvalue weighted by molar-refractivity contribution is -0.383. The first-order valence-electron chi connectivity index (χ1n) is 7.67. The Morgan fingerprint density at radius 1 is 1.17 bits per heavy atom. The first-order valence-corrected chi connectivity index (χ1v) is 7.67. The van der Waals surface area contributed by atoms with Gasteiger partial charge in [-0.2, -0.15) is 0 Å². The molecule has 3 heterocycles. The van der Waals surface area contributed by atoms with Crippen LogP contribution in [0.1, 0.15) is 5.56 Å². The van der Waals surface area contributed by atoms with E-state index in [2.05, 4.69) is 25.2 Å². The van der Waals surface area contributed by atoms with E-state index in [0.29, 0.717) is 24.7 Å². The second kappa shape index (κ2) is 6.75. The highest BCUT2D eigenvalue weighted by Gasteiger charge is 2.28. The molecule has 0 bridgehead atoms. The third kappa shape index (κ3) is 3.40. The summed E-state index contributed by atoms with van der Waals surface area (Å²) in [5, 5.41) is 14.6. The fourth-order valence-corrected chi connectivity index (χ4v) is 2.54. The summed E-state index contributed by atoms with van der Waals surface area (Å²) in [6, 6.07) is 3.64. The Labute approximate surface area is 139 Å². The number of likely N-dealkylation sites (N-methyl/N-ethyl adjacent to an activating group) is 1. The van der Waals surface area contributed by atoms with Gasteiger partial charge in [0.05, 0.1) is 4.92 Å². The minimum Gasteiger partial charge on any atom is -0.348 e. The molecule has 9 heteroatoms. The zero-order valence-corrected chi connectivity index (χ0v) is 13.6. The molecule has 0 saturated carbocycles. The number of hydrogen-bond acceptors (Lipinski definition) is 8. The van der Waals surface area contributed by atoms with Crippen molar-refractivity contribution in [3.8, 4) is 0 Å². The summed E-state index contributed by atoms with van der Waals surface area (Å²) in [5.41, 5.74) is 0.889. The van der Waals surface area contributed by atoms with Crippen LogP contribution in [-0.2, 0) is 0 Å². The minimum absolute atomic E-state index is 0.121. The highest BCUT2D eigenvalue weighted by molar-refractivity contribution is 5.73. The number of piperazine rings is 1. The summed E-state index contributed by atoms with van der Waals surface area (Å²) in [5.74, 6) is 1.00. The van der Waals surface area contributed by atoms with E-state index in [-0.39, 0.29) is 11.5 Å². The molecule has 0 radical (unpaired) electrons. The topological polar surface area (TPSA) is 100 Å². The Bertz CT molecular complexity index is 727. The summed E-state index contributed by atoms with van der Waals surface area (Å²) < 4.78 is 0. The van der Waals surface area contributed by atoms with Gasteiger partial charge in [0.15, 0.2) is 0 Å². The van der Waals surface area contributed by atoms with Crippen molar-refractivity contribution in [2.75, 3.05) is 43.4 Å². The van der Waals surface area contributed by atoms with Gasteiger partial charge in [-0.15, -0.1) is 0 Å². The fraction of sp³-hybridized carbons (Fsp3) is 0.400. The molecule has 0 spiro atoms. The molecule has 2 aromatic heterocycles. The molecule has 0 aromatic carbocycles. The zero-order chi connectivity index (χ0) is 17.1. The minimum atomic E-state index is -0.440. The molecule has 1 aliphatic rings. The summed E-state index contributed by atoms with van der Waals surface area (Å²) in [6.07, 6.45) is 3.04. The molecular formula is C15H19N7O2. The second-order valence-corrected chi connectivity index (χ2v) is 5.79. The zero-order valence-electron chi connectivity index (χ0n) is 13.6. The summed E-state index contributed by atoms with van der Waals surface area (Å²) in [4.78, 5) is 27.7. The van der Waals surface area contributed by atoms with E-state index in [4.69, 9.17) is 0 Å². The molecule has 0 aliphatic carbocycles. The van der Waals surface area contributed by atoms with E-state index in [1.54, 1.807) is 12.3 Å². The van der Waals surface area contributed by atoms with Crippen LogP contribution >= 0.6 is 0 Å². The van der Waals surface area contributed by atoms with Gasteiger partial charge >= 0.3 is 5.69 Å². The van der Waals surface area contributed by atoms with Gasteiger partial charge in [-0.05, 0) is 25.6 Å². The summed E-state index contributed by atoms with van der Waals surface area (Å²) in [7, 11) is 2.03. The van der Waals surface area contributed by atoms with Crippen molar-refractivity contribution in [1.29, 1.82) is 0 Å². The summed E-state index contributed by atoms with van der Waals surface area (Å²) in [6.45, 7) is 4.98. The van der Waals surface area contributed by atoms with Gasteiger partial charge in [-0.1, -0.05) is 6.07 Å². The Balaban J connectivity index is 1.93. The van der Waals surface area contributed by atoms with Crippen LogP contribution in [0.25, 0.3) is 0 Å². The van der Waals surface area contributed by atoms with Gasteiger partial charge in [0.25, 0.3) is 0 Å². The largest absolute Gasteiger partial charge is 0.353 e. The highest BCUT2D eigenvalue weighted by atomic mass is 16.6. The molecule has 0 unspecified atom stereocenters. The molecule has 1 fully saturated rings. The van der Waals surface area contributed by atoms with Gasteiger partial charge in [0, 0.05) is 32.4 Å². The van der Waals surface area contributed by atoms with Crippen LogP contribution in [-0.4, -0.2) is 58.0 Å². The molecule has 2 aromatic rings. The van der Waals surface area contributed by atoms with Crippen molar-refractivity contribution in [3.05, 3.63) is 40.3 Å². The number of anilines is 3. The van der Waals surface area contributed by atoms with Crippen molar-refractivity contribution < 1.29 is 4.92 Å². The van der Waals surface area contributed by atoms with Gasteiger partial charge < -0.3 is 15.1 Å². The Morgan fingerprint density at radius 2 is 1.92 bits per heavy atom. The average molecular weight is 329 g/mol. The number of rotatable bonds is 4. The number of aromatic nitrogens is 3. The van der Waals surface area contributed by atoms with E-state index in [9.17, 15) is 10.1 Å². The van der Waals surface area contributed by atoms with Crippen LogP contribution in [0.15, 0.2) is 24.7 Å². The Kier molecular flexibility index (Phi) is 4.52. The number of nitrogens with zero attached hydrogens (tertiary/aromatic N) is 6. The number of aryl methyl sites for hydroxylation is 1. The molecule has 126 valence electrons. The Hall–Kier alpha value is -2.81. The number of nitro groups is 1. The van der Waals surface area contributed by atoms with E-state index >= 15 is 0 Å². The van der Waals surface area contributed by atoms with Crippen LogP contribution in [0.2, 0.25) is 0 Å². The van der Waals surface area contributed by atoms with Crippen molar-refractivity contribution >= 4 is 23.1 Å². The Morgan fingerprint density at radius 3 is 2.54 bits per heavy atom. The van der Waals surface area contributed by atoms with Crippen molar-refractivity contribution in [3.63, 3.8) is 0 Å². The van der Waals surface area contributed by atoms with Gasteiger partial charge in [0.1, 0.15) is 12.1 Å². The predicted molar refractivity (Wildman–Crippen MR) is 90.7 cm³/mol. The summed E-state index contributed by atoms with van der Waals surface area (Å²) >= 11 is 0. The highest BCUT2D eigenvalue weighted by Crippen LogP contribution is 2.33. The molecule has 9 nitrogen and oxygen atoms in total. The van der Waals surface area contributed by atoms with Crippen LogP contribution in [0.5, 0.6) is 0 Å². The predicted octanol–water partition coefficient (Wildman–Crippen LogP) is 1.58. The second-order valence-electron chi connectivity index (χ2n) is 5.79. The van der Waals surface area contributed by atoms with Crippen molar-refractivity contribution in [2.24, 2.45) is 0 Å². The van der Waals surface area contributed by atoms with E-state index in [1.165, 1.54) is 6.33 Å². The first-order chi connectivity index (χ1) is 11.5. The van der Waals surface area contributed by atoms with Crippen LogP contribution < -0.4 is 10.2 Å². The maximum absolute atomic E-state index is 11.6. The maximum Gasteiger partial charge on any atom is 0.353 e. The standard InChI is InChI=1S/C15H19N7O2/c1-11-3-4-12(16-9-11)19-14-13(22(23)24)15(18-10-17-14)21-7-5-20(2)6-8-21/h3-4,9-10H,5-8H2,1-2H3,(H,16,17,18,19). The lowest BCUT2D eigenvalue weighted by atomic mass is 10.3. The molecule has 0 atom stereocenters. The third-order valence-corrected chi connectivity index (χ3v) is 3.95. The van der Waals surface area contributed by atoms with Crippen molar-refractivity contribution in [2.45, 2.75) is 6.92 Å². The van der Waals surface area contributed by atoms with E-state index < -0.39 is 4.92 Å². The SMILES string of the molecule is Cc1ccc(Nc2ncnc(N3CCN(C)CC3)c2[N+](=O)[O-])nc1. The average Bonchev–Trinajstić information content (AvgIpc) is 2.57. The maximum atomic E-state index is 11.6. The molecule has 1 N–H and O–H groups in total. The van der Waals surface area contributed by atoms with E-state index in [1.807, 2.05) is 24.9 Å². The van der Waals surface area contributed by atoms with Gasteiger partial charge in [-0.3, -0.25) is 10.1 Å². The van der Waals surface area contributed by atoms with Crippen LogP contribution in [0.3, 0.4) is 0 Å². The van der Waals surface area contributed by atoms with Gasteiger partial charge in [-0.25, -0.2) is 15.0 Å². The molecule has 3 rings (SSSR count). The quantitative estimate of drug-likeness (QED) is 0.666. The van der Waals surface area contributed by atoms with Gasteiger partial charge in [0.2, 0.25) is 11.6 Å². The number of nitrogens with one attached hydrogen (secondary N) is 1. The smallest absolute Gasteiger partial charge is 0.348 e. The number of pyridine rings is 1. The van der Waals surface area contributed by atoms with E-state index in [0.717, 1.165) is 18.7 Å². The molecule has 0 amide bonds.